The molecule has 20 heavy (non-hydrogen) atoms. The Hall–Kier alpha value is -2.25. The predicted molar refractivity (Wildman–Crippen MR) is 62.4 cm³/mol. The number of hydrogen-bond acceptors (Lipinski definition) is 5. The zero-order valence-electron chi connectivity index (χ0n) is 10.1. The van der Waals surface area contributed by atoms with Gasteiger partial charge in [-0.2, -0.15) is 18.2 Å². The summed E-state index contributed by atoms with van der Waals surface area (Å²) in [6, 6.07) is 7.24. The normalized spacial score (nSPS) is 18.1. The van der Waals surface area contributed by atoms with Crippen molar-refractivity contribution in [2.24, 2.45) is 0 Å². The third-order valence-corrected chi connectivity index (χ3v) is 2.75. The Kier molecular flexibility index (Phi) is 3.00. The van der Waals surface area contributed by atoms with Crippen LogP contribution in [-0.4, -0.2) is 22.9 Å². The highest BCUT2D eigenvalue weighted by Crippen LogP contribution is 2.33. The van der Waals surface area contributed by atoms with Crippen molar-refractivity contribution in [2.45, 2.75) is 18.7 Å². The van der Waals surface area contributed by atoms with E-state index in [1.165, 1.54) is 0 Å². The summed E-state index contributed by atoms with van der Waals surface area (Å²) < 4.78 is 47.1. The van der Waals surface area contributed by atoms with Gasteiger partial charge in [-0.05, 0) is 12.1 Å². The molecular weight excluding hydrogens is 275 g/mol. The van der Waals surface area contributed by atoms with E-state index in [0.29, 0.717) is 12.3 Å². The first-order valence-electron chi connectivity index (χ1n) is 5.90. The van der Waals surface area contributed by atoms with Crippen molar-refractivity contribution in [3.8, 4) is 5.75 Å². The number of halogens is 3. The van der Waals surface area contributed by atoms with Gasteiger partial charge >= 0.3 is 6.18 Å². The molecule has 0 amide bonds. The van der Waals surface area contributed by atoms with Crippen molar-refractivity contribution in [1.29, 1.82) is 0 Å². The maximum absolute atomic E-state index is 12.2. The van der Waals surface area contributed by atoms with Crippen LogP contribution in [0.15, 0.2) is 28.8 Å². The van der Waals surface area contributed by atoms with Gasteiger partial charge in [-0.25, -0.2) is 0 Å². The molecule has 1 atom stereocenters. The van der Waals surface area contributed by atoms with Crippen LogP contribution in [-0.2, 0) is 6.42 Å². The number of nitrogens with zero attached hydrogens (tertiary/aromatic N) is 2. The van der Waals surface area contributed by atoms with Crippen LogP contribution in [0.25, 0.3) is 0 Å². The second-order valence-electron chi connectivity index (χ2n) is 4.32. The number of hydrogen-bond donors (Lipinski definition) is 1. The topological polar surface area (TPSA) is 60.2 Å². The maximum atomic E-state index is 12.2. The maximum Gasteiger partial charge on any atom is 0.396 e. The fraction of sp³-hybridized carbons (Fsp3) is 0.333. The van der Waals surface area contributed by atoms with Crippen molar-refractivity contribution in [1.82, 2.24) is 10.1 Å². The van der Waals surface area contributed by atoms with E-state index in [1.54, 1.807) is 12.1 Å². The molecule has 106 valence electrons. The predicted octanol–water partition coefficient (Wildman–Crippen LogP) is 2.72. The van der Waals surface area contributed by atoms with Gasteiger partial charge in [0.2, 0.25) is 0 Å². The average molecular weight is 285 g/mol. The van der Waals surface area contributed by atoms with Crippen LogP contribution in [0, 0.1) is 0 Å². The standard InChI is InChI=1S/C12H10F3N3O2/c13-12(14,15)5-10-17-11(20-18-10)9-6-16-7-3-1-2-4-8(7)19-9/h1-4,9,16H,5-6H2. The molecule has 0 aliphatic carbocycles. The minimum Gasteiger partial charge on any atom is -0.477 e. The fourth-order valence-corrected chi connectivity index (χ4v) is 1.90. The molecule has 1 aromatic carbocycles. The summed E-state index contributed by atoms with van der Waals surface area (Å²) in [7, 11) is 0. The van der Waals surface area contributed by atoms with Crippen molar-refractivity contribution in [2.75, 3.05) is 11.9 Å². The minimum absolute atomic E-state index is 0.0336. The summed E-state index contributed by atoms with van der Waals surface area (Å²) in [6.07, 6.45) is -6.17. The van der Waals surface area contributed by atoms with E-state index in [4.69, 9.17) is 9.26 Å². The first kappa shape index (κ1) is 12.8. The SMILES string of the molecule is FC(F)(F)Cc1noc(C2CNc3ccccc3O2)n1. The number of fused-ring (bicyclic) bond motifs is 1. The molecule has 1 unspecified atom stereocenters. The van der Waals surface area contributed by atoms with Crippen LogP contribution in [0.2, 0.25) is 0 Å². The quantitative estimate of drug-likeness (QED) is 0.919. The molecule has 2 heterocycles. The number of ether oxygens (including phenoxy) is 1. The molecule has 5 nitrogen and oxygen atoms in total. The lowest BCUT2D eigenvalue weighted by Gasteiger charge is -2.24. The molecule has 8 heteroatoms. The number of aromatic nitrogens is 2. The molecule has 1 aromatic heterocycles. The average Bonchev–Trinajstić information content (AvgIpc) is 2.84. The molecular formula is C12H10F3N3O2. The Labute approximate surface area is 111 Å². The lowest BCUT2D eigenvalue weighted by Crippen LogP contribution is -2.23. The molecule has 3 rings (SSSR count). The van der Waals surface area contributed by atoms with Gasteiger partial charge in [-0.15, -0.1) is 0 Å². The van der Waals surface area contributed by atoms with E-state index in [2.05, 4.69) is 15.5 Å². The van der Waals surface area contributed by atoms with Crippen LogP contribution in [0.3, 0.4) is 0 Å². The van der Waals surface area contributed by atoms with Crippen LogP contribution in [0.1, 0.15) is 17.8 Å². The number of anilines is 1. The van der Waals surface area contributed by atoms with Crippen molar-refractivity contribution >= 4 is 5.69 Å². The molecule has 0 saturated heterocycles. The summed E-state index contributed by atoms with van der Waals surface area (Å²) in [5.41, 5.74) is 0.818. The third kappa shape index (κ3) is 2.68. The lowest BCUT2D eigenvalue weighted by atomic mass is 10.2. The molecule has 0 radical (unpaired) electrons. The van der Waals surface area contributed by atoms with E-state index < -0.39 is 24.5 Å². The zero-order valence-corrected chi connectivity index (χ0v) is 10.1. The highest BCUT2D eigenvalue weighted by molar-refractivity contribution is 5.57. The van der Waals surface area contributed by atoms with Gasteiger partial charge < -0.3 is 14.6 Å². The number of para-hydroxylation sites is 2. The number of nitrogens with one attached hydrogen (secondary N) is 1. The summed E-state index contributed by atoms with van der Waals surface area (Å²) >= 11 is 0. The van der Waals surface area contributed by atoms with Gasteiger partial charge in [0.1, 0.15) is 12.2 Å². The summed E-state index contributed by atoms with van der Waals surface area (Å²) in [4.78, 5) is 3.73. The highest BCUT2D eigenvalue weighted by atomic mass is 19.4. The van der Waals surface area contributed by atoms with Crippen molar-refractivity contribution in [3.63, 3.8) is 0 Å². The van der Waals surface area contributed by atoms with Gasteiger partial charge in [0, 0.05) is 0 Å². The molecule has 0 saturated carbocycles. The fourth-order valence-electron chi connectivity index (χ4n) is 1.90. The second-order valence-corrected chi connectivity index (χ2v) is 4.32. The summed E-state index contributed by atoms with van der Waals surface area (Å²) in [5, 5.41) is 6.41. The first-order valence-corrected chi connectivity index (χ1v) is 5.90. The van der Waals surface area contributed by atoms with Gasteiger partial charge in [0.15, 0.2) is 11.9 Å². The number of alkyl halides is 3. The third-order valence-electron chi connectivity index (χ3n) is 2.75. The smallest absolute Gasteiger partial charge is 0.396 e. The molecule has 1 aliphatic heterocycles. The van der Waals surface area contributed by atoms with E-state index in [-0.39, 0.29) is 5.89 Å². The molecule has 0 fully saturated rings. The van der Waals surface area contributed by atoms with Crippen LogP contribution in [0.5, 0.6) is 5.75 Å². The Bertz CT molecular complexity index is 612. The van der Waals surface area contributed by atoms with Crippen molar-refractivity contribution in [3.05, 3.63) is 36.0 Å². The Morgan fingerprint density at radius 1 is 1.30 bits per heavy atom. The zero-order chi connectivity index (χ0) is 14.2. The largest absolute Gasteiger partial charge is 0.477 e. The highest BCUT2D eigenvalue weighted by Gasteiger charge is 2.32. The Morgan fingerprint density at radius 3 is 2.90 bits per heavy atom. The molecule has 1 N–H and O–H groups in total. The van der Waals surface area contributed by atoms with Gasteiger partial charge in [-0.1, -0.05) is 17.3 Å². The molecule has 0 spiro atoms. The summed E-state index contributed by atoms with van der Waals surface area (Å²) in [5.74, 6) is 0.237. The van der Waals surface area contributed by atoms with Gasteiger partial charge in [0.05, 0.1) is 12.2 Å². The number of rotatable bonds is 2. The van der Waals surface area contributed by atoms with Crippen LogP contribution in [0.4, 0.5) is 18.9 Å². The summed E-state index contributed by atoms with van der Waals surface area (Å²) in [6.45, 7) is 0.352. The second kappa shape index (κ2) is 4.69. The Morgan fingerprint density at radius 2 is 2.10 bits per heavy atom. The molecule has 1 aliphatic rings. The minimum atomic E-state index is -4.36. The van der Waals surface area contributed by atoms with E-state index in [9.17, 15) is 13.2 Å². The lowest BCUT2D eigenvalue weighted by molar-refractivity contribution is -0.128. The van der Waals surface area contributed by atoms with E-state index in [1.807, 2.05) is 12.1 Å². The van der Waals surface area contributed by atoms with Crippen LogP contribution >= 0.6 is 0 Å². The van der Waals surface area contributed by atoms with Gasteiger partial charge in [-0.3, -0.25) is 0 Å². The molecule has 0 bridgehead atoms. The monoisotopic (exact) mass is 285 g/mol. The van der Waals surface area contributed by atoms with E-state index >= 15 is 0 Å². The first-order chi connectivity index (χ1) is 9.51. The van der Waals surface area contributed by atoms with Crippen molar-refractivity contribution < 1.29 is 22.4 Å². The number of benzene rings is 1. The van der Waals surface area contributed by atoms with Gasteiger partial charge in [0.25, 0.3) is 5.89 Å². The van der Waals surface area contributed by atoms with E-state index in [0.717, 1.165) is 5.69 Å². The Balaban J connectivity index is 1.75. The molecule has 2 aromatic rings. The van der Waals surface area contributed by atoms with Crippen LogP contribution < -0.4 is 10.1 Å².